The van der Waals surface area contributed by atoms with Gasteiger partial charge >= 0.3 is 56.6 Å². The fourth-order valence-corrected chi connectivity index (χ4v) is 3.50. The number of hydrogen-bond acceptors (Lipinski definition) is 9. The third-order valence-corrected chi connectivity index (χ3v) is 5.10. The van der Waals surface area contributed by atoms with Crippen LogP contribution in [-0.4, -0.2) is 56.2 Å². The quantitative estimate of drug-likeness (QED) is 0.247. The fraction of sp³-hybridized carbons (Fsp3) is 1.00. The molecule has 0 aromatic rings. The molecule has 0 fully saturated rings. The smallest absolute Gasteiger partial charge is 0.748 e. The van der Waals surface area contributed by atoms with Crippen LogP contribution in [0.2, 0.25) is 0 Å². The minimum Gasteiger partial charge on any atom is -0.748 e. The van der Waals surface area contributed by atoms with Crippen molar-refractivity contribution in [2.45, 2.75) is 32.1 Å². The van der Waals surface area contributed by atoms with E-state index in [4.69, 9.17) is 0 Å². The van der Waals surface area contributed by atoms with Gasteiger partial charge in [0.05, 0.1) is 30.4 Å². The van der Waals surface area contributed by atoms with E-state index in [-0.39, 0.29) is 88.7 Å². The summed E-state index contributed by atoms with van der Waals surface area (Å²) in [5.41, 5.74) is 0. The Balaban J connectivity index is -0.000000667. The molecule has 0 aliphatic heterocycles. The first-order chi connectivity index (χ1) is 9.29. The van der Waals surface area contributed by atoms with Crippen molar-refractivity contribution < 1.29 is 95.5 Å². The molecule has 0 bridgehead atoms. The molecular formula is C9H17Li3O9S3. The molecule has 15 heteroatoms. The van der Waals surface area contributed by atoms with Gasteiger partial charge in [0.15, 0.2) is 0 Å². The third-order valence-electron chi connectivity index (χ3n) is 2.79. The van der Waals surface area contributed by atoms with Crippen LogP contribution in [0, 0.1) is 5.92 Å². The second kappa shape index (κ2) is 14.6. The van der Waals surface area contributed by atoms with Gasteiger partial charge < -0.3 is 13.7 Å². The van der Waals surface area contributed by atoms with E-state index in [1.165, 1.54) is 0 Å². The van der Waals surface area contributed by atoms with Crippen LogP contribution in [0.5, 0.6) is 0 Å². The Bertz CT molecular complexity index is 578. The molecule has 9 nitrogen and oxygen atoms in total. The molecule has 0 amide bonds. The zero-order valence-corrected chi connectivity index (χ0v) is 16.6. The Morgan fingerprint density at radius 3 is 1.08 bits per heavy atom. The van der Waals surface area contributed by atoms with Gasteiger partial charge in [-0.3, -0.25) is 0 Å². The summed E-state index contributed by atoms with van der Waals surface area (Å²) in [6, 6.07) is 0. The van der Waals surface area contributed by atoms with Gasteiger partial charge in [-0.25, -0.2) is 25.3 Å². The summed E-state index contributed by atoms with van der Waals surface area (Å²) < 4.78 is 94.4. The van der Waals surface area contributed by atoms with Gasteiger partial charge in [-0.2, -0.15) is 0 Å². The van der Waals surface area contributed by atoms with Gasteiger partial charge in [0.25, 0.3) is 0 Å². The van der Waals surface area contributed by atoms with Crippen LogP contribution in [0.15, 0.2) is 0 Å². The summed E-state index contributed by atoms with van der Waals surface area (Å²) >= 11 is 0. The molecule has 0 radical (unpaired) electrons. The van der Waals surface area contributed by atoms with Crippen molar-refractivity contribution in [3.05, 3.63) is 0 Å². The van der Waals surface area contributed by atoms with Crippen molar-refractivity contribution in [1.82, 2.24) is 0 Å². The van der Waals surface area contributed by atoms with Crippen LogP contribution in [-0.2, 0) is 30.4 Å². The first kappa shape index (κ1) is 33.1. The van der Waals surface area contributed by atoms with E-state index in [9.17, 15) is 38.9 Å². The first-order valence-corrected chi connectivity index (χ1v) is 10.8. The van der Waals surface area contributed by atoms with Crippen molar-refractivity contribution >= 4 is 30.4 Å². The zero-order valence-electron chi connectivity index (χ0n) is 14.1. The molecule has 0 saturated heterocycles. The first-order valence-electron chi connectivity index (χ1n) is 6.09. The molecule has 0 aliphatic carbocycles. The molecule has 0 unspecified atom stereocenters. The fourth-order valence-electron chi connectivity index (χ4n) is 1.84. The maximum atomic E-state index is 10.6. The van der Waals surface area contributed by atoms with E-state index in [0.29, 0.717) is 0 Å². The van der Waals surface area contributed by atoms with Crippen molar-refractivity contribution in [1.29, 1.82) is 0 Å². The average molecular weight is 386 g/mol. The Morgan fingerprint density at radius 2 is 0.833 bits per heavy atom. The van der Waals surface area contributed by atoms with E-state index in [2.05, 4.69) is 0 Å². The van der Waals surface area contributed by atoms with Gasteiger partial charge in [-0.05, 0) is 38.0 Å². The summed E-state index contributed by atoms with van der Waals surface area (Å²) in [6.07, 6.45) is 0.231. The molecule has 24 heavy (non-hydrogen) atoms. The average Bonchev–Trinajstić information content (AvgIpc) is 2.20. The molecule has 0 N–H and O–H groups in total. The van der Waals surface area contributed by atoms with Gasteiger partial charge in [-0.1, -0.05) is 0 Å². The molecule has 0 rings (SSSR count). The maximum absolute atomic E-state index is 10.6. The van der Waals surface area contributed by atoms with Gasteiger partial charge in [0.1, 0.15) is 0 Å². The topological polar surface area (TPSA) is 172 Å². The third kappa shape index (κ3) is 25.8. The Hall–Kier alpha value is 1.52. The Morgan fingerprint density at radius 1 is 0.542 bits per heavy atom. The standard InChI is InChI=1S/C9H20O9S3.3Li/c10-19(11,12)6-1-3-9(5-8-21(16,17)18)4-2-7-20(13,14)15;;;/h9H,1-8H2,(H,10,11,12)(H,13,14,15)(H,16,17,18);;;/q;3*+1/p-3. The predicted octanol–water partition coefficient (Wildman–Crippen LogP) is -9.80. The summed E-state index contributed by atoms with van der Waals surface area (Å²) in [7, 11) is -13.2. The van der Waals surface area contributed by atoms with E-state index >= 15 is 0 Å². The van der Waals surface area contributed by atoms with E-state index in [1.807, 2.05) is 0 Å². The van der Waals surface area contributed by atoms with Gasteiger partial charge in [-0.15, -0.1) is 0 Å². The molecule has 0 aliphatic rings. The Labute approximate surface area is 179 Å². The summed E-state index contributed by atoms with van der Waals surface area (Å²) in [4.78, 5) is 0. The minimum atomic E-state index is -4.44. The van der Waals surface area contributed by atoms with Crippen LogP contribution in [0.3, 0.4) is 0 Å². The summed E-state index contributed by atoms with van der Waals surface area (Å²) in [5, 5.41) is 0. The van der Waals surface area contributed by atoms with E-state index in [0.717, 1.165) is 0 Å². The predicted molar refractivity (Wildman–Crippen MR) is 70.3 cm³/mol. The molecule has 0 spiro atoms. The van der Waals surface area contributed by atoms with Crippen molar-refractivity contribution in [2.24, 2.45) is 5.92 Å². The van der Waals surface area contributed by atoms with Crippen LogP contribution in [0.4, 0.5) is 0 Å². The molecule has 0 aromatic heterocycles. The van der Waals surface area contributed by atoms with Gasteiger partial charge in [0.2, 0.25) is 0 Å². The van der Waals surface area contributed by atoms with Crippen LogP contribution in [0.25, 0.3) is 0 Å². The number of rotatable bonds is 11. The van der Waals surface area contributed by atoms with Gasteiger partial charge in [0, 0.05) is 17.3 Å². The normalized spacial score (nSPS) is 12.0. The molecule has 0 saturated carbocycles. The summed E-state index contributed by atoms with van der Waals surface area (Å²) in [5.74, 6) is -2.33. The Kier molecular flexibility index (Phi) is 20.1. The van der Waals surface area contributed by atoms with E-state index in [1.54, 1.807) is 0 Å². The molecule has 0 atom stereocenters. The zero-order chi connectivity index (χ0) is 16.7. The number of hydrogen-bond donors (Lipinski definition) is 0. The van der Waals surface area contributed by atoms with Crippen LogP contribution < -0.4 is 56.6 Å². The van der Waals surface area contributed by atoms with Crippen molar-refractivity contribution in [3.8, 4) is 0 Å². The second-order valence-corrected chi connectivity index (χ2v) is 9.30. The van der Waals surface area contributed by atoms with E-state index < -0.39 is 53.5 Å². The minimum absolute atomic E-state index is 0. The summed E-state index contributed by atoms with van der Waals surface area (Å²) in [6.45, 7) is 0. The van der Waals surface area contributed by atoms with Crippen LogP contribution in [0.1, 0.15) is 32.1 Å². The second-order valence-electron chi connectivity index (χ2n) is 4.72. The van der Waals surface area contributed by atoms with Crippen molar-refractivity contribution in [3.63, 3.8) is 0 Å². The molecule has 0 heterocycles. The maximum Gasteiger partial charge on any atom is 1.00 e. The molecular weight excluding hydrogens is 369 g/mol. The van der Waals surface area contributed by atoms with Crippen LogP contribution >= 0.6 is 0 Å². The molecule has 128 valence electrons. The SMILES string of the molecule is O=S(=O)([O-])CCCC(CCCS(=O)(=O)[O-])CCS(=O)(=O)[O-].[Li+].[Li+].[Li+]. The largest absolute Gasteiger partial charge is 1.00 e. The molecule has 0 aromatic carbocycles. The monoisotopic (exact) mass is 386 g/mol. The van der Waals surface area contributed by atoms with Crippen molar-refractivity contribution in [2.75, 3.05) is 17.3 Å².